The lowest BCUT2D eigenvalue weighted by Gasteiger charge is -2.03. The molecule has 4 heteroatoms. The van der Waals surface area contributed by atoms with Crippen molar-refractivity contribution in [2.45, 2.75) is 27.3 Å². The summed E-state index contributed by atoms with van der Waals surface area (Å²) in [6, 6.07) is 7.86. The molecule has 0 bridgehead atoms. The summed E-state index contributed by atoms with van der Waals surface area (Å²) in [6.45, 7) is 11.5. The van der Waals surface area contributed by atoms with Gasteiger partial charge in [0.15, 0.2) is 4.80 Å². The zero-order chi connectivity index (χ0) is 14.5. The zero-order valence-electron chi connectivity index (χ0n) is 12.2. The van der Waals surface area contributed by atoms with Gasteiger partial charge in [-0.15, -0.1) is 17.9 Å². The molecule has 3 nitrogen and oxygen atoms in total. The van der Waals surface area contributed by atoms with E-state index in [4.69, 9.17) is 9.73 Å². The van der Waals surface area contributed by atoms with Crippen molar-refractivity contribution in [1.82, 2.24) is 4.57 Å². The fourth-order valence-corrected chi connectivity index (χ4v) is 2.93. The summed E-state index contributed by atoms with van der Waals surface area (Å²) in [4.78, 5) is 7.01. The number of allylic oxidation sites excluding steroid dienone is 1. The molecule has 0 atom stereocenters. The molecule has 0 fully saturated rings. The van der Waals surface area contributed by atoms with E-state index in [1.165, 1.54) is 10.6 Å². The minimum Gasteiger partial charge on any atom is -0.494 e. The number of aromatic nitrogens is 1. The Morgan fingerprint density at radius 3 is 2.60 bits per heavy atom. The Bertz CT molecular complexity index is 650. The Labute approximate surface area is 123 Å². The van der Waals surface area contributed by atoms with Crippen LogP contribution >= 0.6 is 11.3 Å². The number of rotatable bonds is 5. The molecule has 0 aliphatic heterocycles. The van der Waals surface area contributed by atoms with Crippen molar-refractivity contribution in [3.63, 3.8) is 0 Å². The van der Waals surface area contributed by atoms with Crippen LogP contribution in [0.4, 0.5) is 5.69 Å². The summed E-state index contributed by atoms with van der Waals surface area (Å²) in [5, 5.41) is 0. The molecule has 2 aromatic rings. The maximum Gasteiger partial charge on any atom is 0.190 e. The lowest BCUT2D eigenvalue weighted by Crippen LogP contribution is -2.14. The largest absolute Gasteiger partial charge is 0.494 e. The minimum atomic E-state index is 0.680. The number of thiazole rings is 1. The van der Waals surface area contributed by atoms with E-state index >= 15 is 0 Å². The van der Waals surface area contributed by atoms with Crippen LogP contribution in [0.15, 0.2) is 41.9 Å². The third-order valence-electron chi connectivity index (χ3n) is 3.07. The fourth-order valence-electron chi connectivity index (χ4n) is 1.92. The van der Waals surface area contributed by atoms with Crippen LogP contribution in [0, 0.1) is 13.8 Å². The van der Waals surface area contributed by atoms with Gasteiger partial charge in [0.1, 0.15) is 5.75 Å². The molecule has 106 valence electrons. The SMILES string of the molecule is C=CCn1c(C)c(C)sc1=Nc1ccc(OCC)cc1. The van der Waals surface area contributed by atoms with Gasteiger partial charge in [-0.25, -0.2) is 4.99 Å². The molecule has 0 radical (unpaired) electrons. The van der Waals surface area contributed by atoms with Crippen molar-refractivity contribution in [2.24, 2.45) is 4.99 Å². The summed E-state index contributed by atoms with van der Waals surface area (Å²) in [6.07, 6.45) is 1.90. The van der Waals surface area contributed by atoms with Crippen LogP contribution in [0.1, 0.15) is 17.5 Å². The van der Waals surface area contributed by atoms with Crippen LogP contribution < -0.4 is 9.54 Å². The average molecular weight is 288 g/mol. The van der Waals surface area contributed by atoms with Gasteiger partial charge >= 0.3 is 0 Å². The summed E-state index contributed by atoms with van der Waals surface area (Å²) in [5.41, 5.74) is 2.19. The molecule has 0 aliphatic carbocycles. The lowest BCUT2D eigenvalue weighted by atomic mass is 10.3. The van der Waals surface area contributed by atoms with Crippen molar-refractivity contribution in [3.8, 4) is 5.75 Å². The molecule has 1 aromatic heterocycles. The van der Waals surface area contributed by atoms with Gasteiger partial charge in [0.2, 0.25) is 0 Å². The van der Waals surface area contributed by atoms with Crippen molar-refractivity contribution >= 4 is 17.0 Å². The van der Waals surface area contributed by atoms with Crippen LogP contribution in [0.3, 0.4) is 0 Å². The summed E-state index contributed by atoms with van der Waals surface area (Å²) < 4.78 is 7.62. The Morgan fingerprint density at radius 2 is 2.00 bits per heavy atom. The normalized spacial score (nSPS) is 11.7. The van der Waals surface area contributed by atoms with Gasteiger partial charge in [0.05, 0.1) is 12.3 Å². The fraction of sp³-hybridized carbons (Fsp3) is 0.312. The molecule has 0 N–H and O–H groups in total. The predicted octanol–water partition coefficient (Wildman–Crippen LogP) is 3.98. The second-order valence-corrected chi connectivity index (χ2v) is 5.65. The second-order valence-electron chi connectivity index (χ2n) is 4.46. The van der Waals surface area contributed by atoms with E-state index in [9.17, 15) is 0 Å². The molecule has 0 amide bonds. The van der Waals surface area contributed by atoms with E-state index in [-0.39, 0.29) is 0 Å². The Kier molecular flexibility index (Phi) is 4.79. The van der Waals surface area contributed by atoms with Crippen LogP contribution in [-0.2, 0) is 6.54 Å². The van der Waals surface area contributed by atoms with Crippen molar-refractivity contribution < 1.29 is 4.74 Å². The topological polar surface area (TPSA) is 26.5 Å². The first-order valence-corrected chi connectivity index (χ1v) is 7.52. The number of hydrogen-bond acceptors (Lipinski definition) is 3. The summed E-state index contributed by atoms with van der Waals surface area (Å²) in [5.74, 6) is 0.879. The van der Waals surface area contributed by atoms with E-state index in [1.54, 1.807) is 11.3 Å². The quantitative estimate of drug-likeness (QED) is 0.764. The highest BCUT2D eigenvalue weighted by atomic mass is 32.1. The van der Waals surface area contributed by atoms with E-state index in [0.29, 0.717) is 6.61 Å². The van der Waals surface area contributed by atoms with Gasteiger partial charge in [-0.3, -0.25) is 0 Å². The van der Waals surface area contributed by atoms with Crippen molar-refractivity contribution in [2.75, 3.05) is 6.61 Å². The molecule has 0 saturated heterocycles. The Morgan fingerprint density at radius 1 is 1.30 bits per heavy atom. The van der Waals surface area contributed by atoms with Gasteiger partial charge in [-0.2, -0.15) is 0 Å². The highest BCUT2D eigenvalue weighted by Crippen LogP contribution is 2.18. The van der Waals surface area contributed by atoms with Gasteiger partial charge in [0, 0.05) is 17.1 Å². The number of nitrogens with zero attached hydrogens (tertiary/aromatic N) is 2. The van der Waals surface area contributed by atoms with Gasteiger partial charge in [-0.1, -0.05) is 6.08 Å². The minimum absolute atomic E-state index is 0.680. The van der Waals surface area contributed by atoms with Gasteiger partial charge < -0.3 is 9.30 Å². The van der Waals surface area contributed by atoms with E-state index in [2.05, 4.69) is 25.0 Å². The maximum absolute atomic E-state index is 5.44. The van der Waals surface area contributed by atoms with Crippen LogP contribution in [0.25, 0.3) is 0 Å². The number of benzene rings is 1. The number of ether oxygens (including phenoxy) is 1. The molecule has 0 saturated carbocycles. The average Bonchev–Trinajstić information content (AvgIpc) is 2.70. The molecule has 0 aliphatic rings. The number of aryl methyl sites for hydroxylation is 1. The number of hydrogen-bond donors (Lipinski definition) is 0. The molecular weight excluding hydrogens is 268 g/mol. The smallest absolute Gasteiger partial charge is 0.190 e. The van der Waals surface area contributed by atoms with Gasteiger partial charge in [0.25, 0.3) is 0 Å². The molecule has 0 spiro atoms. The van der Waals surface area contributed by atoms with Gasteiger partial charge in [-0.05, 0) is 45.0 Å². The molecule has 1 aromatic carbocycles. The third-order valence-corrected chi connectivity index (χ3v) is 4.17. The highest BCUT2D eigenvalue weighted by molar-refractivity contribution is 7.09. The lowest BCUT2D eigenvalue weighted by molar-refractivity contribution is 0.340. The van der Waals surface area contributed by atoms with Crippen LogP contribution in [0.2, 0.25) is 0 Å². The Balaban J connectivity index is 2.39. The molecule has 0 unspecified atom stereocenters. The first-order chi connectivity index (χ1) is 9.65. The Hall–Kier alpha value is -1.81. The monoisotopic (exact) mass is 288 g/mol. The predicted molar refractivity (Wildman–Crippen MR) is 84.8 cm³/mol. The molecule has 2 rings (SSSR count). The first kappa shape index (κ1) is 14.6. The summed E-state index contributed by atoms with van der Waals surface area (Å²) in [7, 11) is 0. The van der Waals surface area contributed by atoms with E-state index in [1.807, 2.05) is 37.3 Å². The van der Waals surface area contributed by atoms with Crippen LogP contribution in [-0.4, -0.2) is 11.2 Å². The highest BCUT2D eigenvalue weighted by Gasteiger charge is 2.04. The maximum atomic E-state index is 5.44. The third kappa shape index (κ3) is 3.20. The molecule has 20 heavy (non-hydrogen) atoms. The molecular formula is C16H20N2OS. The van der Waals surface area contributed by atoms with E-state index < -0.39 is 0 Å². The van der Waals surface area contributed by atoms with Crippen molar-refractivity contribution in [3.05, 3.63) is 52.3 Å². The molecule has 1 heterocycles. The van der Waals surface area contributed by atoms with E-state index in [0.717, 1.165) is 22.8 Å². The standard InChI is InChI=1S/C16H20N2OS/c1-5-11-18-12(3)13(4)20-16(18)17-14-7-9-15(10-8-14)19-6-2/h5,7-10H,1,6,11H2,2-4H3. The van der Waals surface area contributed by atoms with Crippen molar-refractivity contribution in [1.29, 1.82) is 0 Å². The first-order valence-electron chi connectivity index (χ1n) is 6.71. The summed E-state index contributed by atoms with van der Waals surface area (Å²) >= 11 is 1.71. The van der Waals surface area contributed by atoms with Crippen LogP contribution in [0.5, 0.6) is 5.75 Å². The second kappa shape index (κ2) is 6.57. The zero-order valence-corrected chi connectivity index (χ0v) is 13.0.